The maximum Gasteiger partial charge on any atom is 0.219 e. The number of halogens is 1. The summed E-state index contributed by atoms with van der Waals surface area (Å²) in [6.45, 7) is 1.84. The van der Waals surface area contributed by atoms with E-state index in [2.05, 4.69) is 20.6 Å². The van der Waals surface area contributed by atoms with Gasteiger partial charge >= 0.3 is 0 Å². The molecule has 1 aliphatic rings. The van der Waals surface area contributed by atoms with Crippen LogP contribution in [-0.4, -0.2) is 42.2 Å². The molecule has 4 rings (SSSR count). The van der Waals surface area contributed by atoms with Gasteiger partial charge in [0.2, 0.25) is 5.91 Å². The van der Waals surface area contributed by atoms with Gasteiger partial charge in [-0.25, -0.2) is 9.97 Å². The first-order chi connectivity index (χ1) is 15.5. The smallest absolute Gasteiger partial charge is 0.219 e. The number of hydrogen-bond donors (Lipinski definition) is 3. The summed E-state index contributed by atoms with van der Waals surface area (Å²) in [7, 11) is 1.61. The second-order valence-corrected chi connectivity index (χ2v) is 8.17. The molecular formula is C23H26ClN5O3. The lowest BCUT2D eigenvalue weighted by molar-refractivity contribution is -0.118. The zero-order chi connectivity index (χ0) is 22.5. The van der Waals surface area contributed by atoms with E-state index in [1.54, 1.807) is 19.2 Å². The van der Waals surface area contributed by atoms with Crippen molar-refractivity contribution in [2.24, 2.45) is 5.73 Å². The van der Waals surface area contributed by atoms with E-state index in [1.807, 2.05) is 24.3 Å². The minimum atomic E-state index is -0.433. The maximum absolute atomic E-state index is 11.8. The van der Waals surface area contributed by atoms with Crippen molar-refractivity contribution in [2.45, 2.75) is 31.4 Å². The van der Waals surface area contributed by atoms with Crippen molar-refractivity contribution in [1.29, 1.82) is 0 Å². The molecule has 1 unspecified atom stereocenters. The third kappa shape index (κ3) is 5.20. The molecule has 0 saturated carbocycles. The number of nitrogens with zero attached hydrogens (tertiary/aromatic N) is 2. The summed E-state index contributed by atoms with van der Waals surface area (Å²) in [5.41, 5.74) is 7.05. The molecule has 32 heavy (non-hydrogen) atoms. The van der Waals surface area contributed by atoms with E-state index < -0.39 is 11.9 Å². The molecular weight excluding hydrogens is 430 g/mol. The Kier molecular flexibility index (Phi) is 6.92. The minimum Gasteiger partial charge on any atom is -0.493 e. The van der Waals surface area contributed by atoms with E-state index in [0.29, 0.717) is 27.9 Å². The number of hydrogen-bond acceptors (Lipinski definition) is 7. The number of nitrogens with two attached hydrogens (primary N) is 1. The first-order valence-corrected chi connectivity index (χ1v) is 10.9. The van der Waals surface area contributed by atoms with Crippen molar-refractivity contribution in [3.8, 4) is 11.5 Å². The predicted molar refractivity (Wildman–Crippen MR) is 124 cm³/mol. The van der Waals surface area contributed by atoms with Crippen molar-refractivity contribution in [1.82, 2.24) is 15.3 Å². The van der Waals surface area contributed by atoms with Crippen molar-refractivity contribution in [2.75, 3.05) is 25.5 Å². The number of benzene rings is 2. The summed E-state index contributed by atoms with van der Waals surface area (Å²) >= 11 is 6.17. The van der Waals surface area contributed by atoms with Gasteiger partial charge in [-0.15, -0.1) is 0 Å². The van der Waals surface area contributed by atoms with Crippen LogP contribution in [-0.2, 0) is 4.79 Å². The molecule has 1 atom stereocenters. The Labute approximate surface area is 191 Å². The van der Waals surface area contributed by atoms with Crippen LogP contribution in [0.1, 0.15) is 30.9 Å². The van der Waals surface area contributed by atoms with E-state index in [9.17, 15) is 4.79 Å². The van der Waals surface area contributed by atoms with Crippen molar-refractivity contribution in [3.63, 3.8) is 0 Å². The molecule has 0 aliphatic carbocycles. The van der Waals surface area contributed by atoms with Gasteiger partial charge in [0.05, 0.1) is 25.1 Å². The highest BCUT2D eigenvalue weighted by molar-refractivity contribution is 6.30. The first kappa shape index (κ1) is 22.1. The summed E-state index contributed by atoms with van der Waals surface area (Å²) < 4.78 is 11.8. The molecule has 8 nitrogen and oxygen atoms in total. The van der Waals surface area contributed by atoms with E-state index in [1.165, 1.54) is 6.33 Å². The van der Waals surface area contributed by atoms with E-state index >= 15 is 0 Å². The number of primary amides is 1. The minimum absolute atomic E-state index is 0.0838. The largest absolute Gasteiger partial charge is 0.493 e. The Morgan fingerprint density at radius 2 is 2.06 bits per heavy atom. The van der Waals surface area contributed by atoms with E-state index in [4.69, 9.17) is 26.8 Å². The molecule has 3 aromatic rings. The van der Waals surface area contributed by atoms with Gasteiger partial charge in [-0.1, -0.05) is 23.7 Å². The average Bonchev–Trinajstić information content (AvgIpc) is 2.79. The van der Waals surface area contributed by atoms with Crippen molar-refractivity contribution < 1.29 is 14.3 Å². The number of ether oxygens (including phenoxy) is 2. The molecule has 2 heterocycles. The lowest BCUT2D eigenvalue weighted by Gasteiger charge is -2.25. The second kappa shape index (κ2) is 10.0. The highest BCUT2D eigenvalue weighted by Gasteiger charge is 2.20. The zero-order valence-corrected chi connectivity index (χ0v) is 18.6. The molecule has 1 fully saturated rings. The lowest BCUT2D eigenvalue weighted by atomic mass is 10.0. The van der Waals surface area contributed by atoms with Gasteiger partial charge in [0.25, 0.3) is 0 Å². The fourth-order valence-electron chi connectivity index (χ4n) is 3.87. The number of carbonyl (C=O) groups excluding carboxylic acids is 1. The highest BCUT2D eigenvalue weighted by atomic mass is 35.5. The Bertz CT molecular complexity index is 1100. The fraction of sp³-hybridized carbons (Fsp3) is 0.348. The number of fused-ring (bicyclic) bond motifs is 1. The number of nitrogens with one attached hydrogen (secondary N) is 2. The maximum atomic E-state index is 11.8. The van der Waals surface area contributed by atoms with Gasteiger partial charge in [0.15, 0.2) is 11.5 Å². The number of aromatic nitrogens is 2. The normalized spacial score (nSPS) is 15.3. The Morgan fingerprint density at radius 1 is 1.25 bits per heavy atom. The molecule has 9 heteroatoms. The number of methoxy groups -OCH3 is 1. The van der Waals surface area contributed by atoms with Crippen LogP contribution >= 0.6 is 11.6 Å². The Hall–Kier alpha value is -3.10. The number of carbonyl (C=O) groups is 1. The first-order valence-electron chi connectivity index (χ1n) is 10.5. The molecule has 0 radical (unpaired) electrons. The van der Waals surface area contributed by atoms with Crippen LogP contribution in [0.5, 0.6) is 11.5 Å². The van der Waals surface area contributed by atoms with Crippen LogP contribution in [0.2, 0.25) is 5.02 Å². The Morgan fingerprint density at radius 3 is 2.78 bits per heavy atom. The van der Waals surface area contributed by atoms with Crippen LogP contribution in [0.3, 0.4) is 0 Å². The molecule has 1 saturated heterocycles. The third-order valence-electron chi connectivity index (χ3n) is 5.47. The summed E-state index contributed by atoms with van der Waals surface area (Å²) in [6.07, 6.45) is 3.51. The fourth-order valence-corrected chi connectivity index (χ4v) is 4.06. The van der Waals surface area contributed by atoms with Crippen LogP contribution < -0.4 is 25.8 Å². The van der Waals surface area contributed by atoms with Crippen molar-refractivity contribution >= 4 is 34.2 Å². The topological polar surface area (TPSA) is 111 Å². The summed E-state index contributed by atoms with van der Waals surface area (Å²) in [5, 5.41) is 8.02. The molecule has 1 amide bonds. The molecule has 168 valence electrons. The molecule has 0 bridgehead atoms. The second-order valence-electron chi connectivity index (χ2n) is 7.73. The van der Waals surface area contributed by atoms with Crippen LogP contribution in [0.4, 0.5) is 5.82 Å². The lowest BCUT2D eigenvalue weighted by Crippen LogP contribution is -2.34. The summed E-state index contributed by atoms with van der Waals surface area (Å²) in [5.74, 6) is 1.39. The molecule has 0 spiro atoms. The van der Waals surface area contributed by atoms with E-state index in [-0.39, 0.29) is 12.5 Å². The Balaban J connectivity index is 1.70. The van der Waals surface area contributed by atoms with Gasteiger partial charge in [0, 0.05) is 16.5 Å². The number of rotatable bonds is 8. The number of amides is 1. The third-order valence-corrected chi connectivity index (χ3v) is 5.70. The number of anilines is 1. The van der Waals surface area contributed by atoms with Gasteiger partial charge in [-0.3, -0.25) is 4.79 Å². The average molecular weight is 456 g/mol. The molecule has 1 aliphatic heterocycles. The quantitative estimate of drug-likeness (QED) is 0.477. The molecule has 2 aromatic carbocycles. The van der Waals surface area contributed by atoms with Crippen LogP contribution in [0, 0.1) is 0 Å². The van der Waals surface area contributed by atoms with E-state index in [0.717, 1.165) is 36.9 Å². The van der Waals surface area contributed by atoms with Gasteiger partial charge in [0.1, 0.15) is 18.2 Å². The van der Waals surface area contributed by atoms with Crippen LogP contribution in [0.25, 0.3) is 10.9 Å². The zero-order valence-electron chi connectivity index (χ0n) is 17.8. The number of piperidine rings is 1. The summed E-state index contributed by atoms with van der Waals surface area (Å²) in [4.78, 5) is 20.6. The SMILES string of the molecule is COc1cc2ncnc(NC(CC(N)=O)c3cccc(Cl)c3)c2cc1OC1CCNCC1. The van der Waals surface area contributed by atoms with Crippen LogP contribution in [0.15, 0.2) is 42.7 Å². The standard InChI is InChI=1S/C23H26ClN5O3/c1-31-20-11-19-17(10-21(20)32-16-5-7-26-8-6-16)23(28-13-27-19)29-18(12-22(25)30)14-3-2-4-15(24)9-14/h2-4,9-11,13,16,18,26H,5-8,12H2,1H3,(H2,25,30)(H,27,28,29). The van der Waals surface area contributed by atoms with Gasteiger partial charge < -0.3 is 25.8 Å². The highest BCUT2D eigenvalue weighted by Crippen LogP contribution is 2.36. The predicted octanol–water partition coefficient (Wildman–Crippen LogP) is 3.45. The molecule has 4 N–H and O–H groups in total. The monoisotopic (exact) mass is 455 g/mol. The van der Waals surface area contributed by atoms with Crippen molar-refractivity contribution in [3.05, 3.63) is 53.3 Å². The van der Waals surface area contributed by atoms with Gasteiger partial charge in [-0.2, -0.15) is 0 Å². The van der Waals surface area contributed by atoms with Gasteiger partial charge in [-0.05, 0) is 49.7 Å². The summed E-state index contributed by atoms with van der Waals surface area (Å²) in [6, 6.07) is 10.6. The molecule has 1 aromatic heterocycles.